The second kappa shape index (κ2) is 10.7. The molecule has 166 valence electrons. The summed E-state index contributed by atoms with van der Waals surface area (Å²) < 4.78 is 5.17. The van der Waals surface area contributed by atoms with E-state index in [9.17, 15) is 4.79 Å². The van der Waals surface area contributed by atoms with Gasteiger partial charge in [0.05, 0.1) is 19.2 Å². The smallest absolute Gasteiger partial charge is 0.341 e. The Hall–Kier alpha value is -2.70. The average molecular weight is 465 g/mol. The molecule has 0 bridgehead atoms. The van der Waals surface area contributed by atoms with Crippen molar-refractivity contribution in [2.75, 3.05) is 17.3 Å². The molecular weight excluding hydrogens is 436 g/mol. The van der Waals surface area contributed by atoms with Crippen LogP contribution in [0.3, 0.4) is 0 Å². The number of rotatable bonds is 5. The maximum Gasteiger partial charge on any atom is 0.341 e. The van der Waals surface area contributed by atoms with Gasteiger partial charge in [0.25, 0.3) is 0 Å². The van der Waals surface area contributed by atoms with Crippen LogP contribution in [0.25, 0.3) is 0 Å². The first-order valence-corrected chi connectivity index (χ1v) is 12.3. The maximum atomic E-state index is 12.8. The average Bonchev–Trinajstić information content (AvgIpc) is 3.13. The van der Waals surface area contributed by atoms with E-state index in [4.69, 9.17) is 17.0 Å². The Kier molecular flexibility index (Phi) is 7.55. The lowest BCUT2D eigenvalue weighted by Crippen LogP contribution is -2.34. The van der Waals surface area contributed by atoms with E-state index >= 15 is 0 Å². The molecule has 0 fully saturated rings. The van der Waals surface area contributed by atoms with Gasteiger partial charge >= 0.3 is 5.97 Å². The second-order valence-corrected chi connectivity index (χ2v) is 9.44. The molecule has 0 amide bonds. The number of esters is 1. The Morgan fingerprint density at radius 2 is 1.66 bits per heavy atom. The highest BCUT2D eigenvalue weighted by molar-refractivity contribution is 7.80. The standard InChI is InChI=1S/C26H28N2O2S2/c1-30-25(29)23-21-16-10-2-3-11-17-22(21)32-24(23)27-26(31)28(20-14-8-5-9-15-20)18-19-12-6-4-7-13-19/h4-9,12-15H,2-3,10-11,16-18H2,1H3,(H,27,31). The zero-order valence-corrected chi connectivity index (χ0v) is 19.9. The number of anilines is 2. The van der Waals surface area contributed by atoms with Crippen LogP contribution in [0.2, 0.25) is 0 Å². The van der Waals surface area contributed by atoms with Gasteiger partial charge in [0.2, 0.25) is 0 Å². The van der Waals surface area contributed by atoms with E-state index in [0.29, 0.717) is 17.2 Å². The number of benzene rings is 2. The van der Waals surface area contributed by atoms with Gasteiger partial charge in [-0.25, -0.2) is 4.79 Å². The van der Waals surface area contributed by atoms with Gasteiger partial charge in [-0.1, -0.05) is 61.4 Å². The fraction of sp³-hybridized carbons (Fsp3) is 0.308. The highest BCUT2D eigenvalue weighted by Crippen LogP contribution is 2.38. The summed E-state index contributed by atoms with van der Waals surface area (Å²) in [4.78, 5) is 16.1. The number of methoxy groups -OCH3 is 1. The van der Waals surface area contributed by atoms with Crippen LogP contribution in [-0.2, 0) is 24.1 Å². The summed E-state index contributed by atoms with van der Waals surface area (Å²) in [5, 5.41) is 4.78. The summed E-state index contributed by atoms with van der Waals surface area (Å²) in [5.74, 6) is -0.289. The van der Waals surface area contributed by atoms with Gasteiger partial charge in [-0.3, -0.25) is 0 Å². The van der Waals surface area contributed by atoms with Crippen LogP contribution >= 0.6 is 23.6 Å². The molecule has 0 aliphatic heterocycles. The number of nitrogens with zero attached hydrogens (tertiary/aromatic N) is 1. The van der Waals surface area contributed by atoms with Crippen molar-refractivity contribution in [2.45, 2.75) is 45.1 Å². The van der Waals surface area contributed by atoms with Crippen molar-refractivity contribution < 1.29 is 9.53 Å². The summed E-state index contributed by atoms with van der Waals surface area (Å²) in [6.45, 7) is 0.634. The lowest BCUT2D eigenvalue weighted by atomic mass is 9.96. The molecule has 0 radical (unpaired) electrons. The molecule has 6 heteroatoms. The number of hydrogen-bond acceptors (Lipinski definition) is 4. The largest absolute Gasteiger partial charge is 0.465 e. The van der Waals surface area contributed by atoms with Crippen molar-refractivity contribution in [3.8, 4) is 0 Å². The molecule has 0 saturated heterocycles. The fourth-order valence-corrected chi connectivity index (χ4v) is 5.76. The normalized spacial score (nSPS) is 13.4. The minimum absolute atomic E-state index is 0.289. The molecule has 0 unspecified atom stereocenters. The molecule has 4 nitrogen and oxygen atoms in total. The highest BCUT2D eigenvalue weighted by Gasteiger charge is 2.26. The Labute approximate surface area is 199 Å². The predicted molar refractivity (Wildman–Crippen MR) is 137 cm³/mol. The first-order chi connectivity index (χ1) is 15.7. The number of aryl methyl sites for hydroxylation is 1. The molecule has 1 aliphatic carbocycles. The van der Waals surface area contributed by atoms with Gasteiger partial charge in [-0.05, 0) is 61.2 Å². The molecule has 1 aliphatic rings. The Morgan fingerprint density at radius 1 is 1.00 bits per heavy atom. The van der Waals surface area contributed by atoms with E-state index in [2.05, 4.69) is 22.3 Å². The number of nitrogens with one attached hydrogen (secondary N) is 1. The van der Waals surface area contributed by atoms with Crippen molar-refractivity contribution in [2.24, 2.45) is 0 Å². The Bertz CT molecular complexity index is 1060. The number of carbonyl (C=O) groups is 1. The topological polar surface area (TPSA) is 41.6 Å². The third-order valence-corrected chi connectivity index (χ3v) is 7.31. The summed E-state index contributed by atoms with van der Waals surface area (Å²) in [6.07, 6.45) is 6.62. The number of thiophene rings is 1. The summed E-state index contributed by atoms with van der Waals surface area (Å²) >= 11 is 7.53. The monoisotopic (exact) mass is 464 g/mol. The highest BCUT2D eigenvalue weighted by atomic mass is 32.1. The van der Waals surface area contributed by atoms with Crippen LogP contribution in [0.5, 0.6) is 0 Å². The van der Waals surface area contributed by atoms with E-state index in [1.165, 1.54) is 24.8 Å². The van der Waals surface area contributed by atoms with Crippen LogP contribution in [0.4, 0.5) is 10.7 Å². The number of para-hydroxylation sites is 1. The fourth-order valence-electron chi connectivity index (χ4n) is 4.14. The minimum Gasteiger partial charge on any atom is -0.465 e. The number of hydrogen-bond donors (Lipinski definition) is 1. The summed E-state index contributed by atoms with van der Waals surface area (Å²) in [5.41, 5.74) is 3.96. The number of fused-ring (bicyclic) bond motifs is 1. The summed E-state index contributed by atoms with van der Waals surface area (Å²) in [6, 6.07) is 20.4. The number of thiocarbonyl (C=S) groups is 1. The van der Waals surface area contributed by atoms with Crippen molar-refractivity contribution >= 4 is 45.3 Å². The van der Waals surface area contributed by atoms with Gasteiger partial charge in [0.1, 0.15) is 5.00 Å². The van der Waals surface area contributed by atoms with Crippen LogP contribution in [0.1, 0.15) is 52.0 Å². The van der Waals surface area contributed by atoms with Crippen molar-refractivity contribution in [1.29, 1.82) is 0 Å². The molecule has 1 N–H and O–H groups in total. The van der Waals surface area contributed by atoms with Gasteiger partial charge in [0, 0.05) is 10.6 Å². The quantitative estimate of drug-likeness (QED) is 0.340. The first kappa shape index (κ1) is 22.5. The van der Waals surface area contributed by atoms with Crippen LogP contribution < -0.4 is 10.2 Å². The third kappa shape index (κ3) is 5.19. The predicted octanol–water partition coefficient (Wildman–Crippen LogP) is 6.60. The van der Waals surface area contributed by atoms with Crippen molar-refractivity contribution in [3.63, 3.8) is 0 Å². The zero-order chi connectivity index (χ0) is 22.3. The molecular formula is C26H28N2O2S2. The Morgan fingerprint density at radius 3 is 2.34 bits per heavy atom. The van der Waals surface area contributed by atoms with Crippen molar-refractivity contribution in [1.82, 2.24) is 0 Å². The maximum absolute atomic E-state index is 12.8. The second-order valence-electron chi connectivity index (χ2n) is 7.95. The first-order valence-electron chi connectivity index (χ1n) is 11.1. The zero-order valence-electron chi connectivity index (χ0n) is 18.3. The summed E-state index contributed by atoms with van der Waals surface area (Å²) in [7, 11) is 1.45. The van der Waals surface area contributed by atoms with Gasteiger partial charge in [-0.2, -0.15) is 0 Å². The molecule has 3 aromatic rings. The SMILES string of the molecule is COC(=O)c1c(NC(=S)N(Cc2ccccc2)c2ccccc2)sc2c1CCCCCC2. The third-order valence-electron chi connectivity index (χ3n) is 5.78. The van der Waals surface area contributed by atoms with Crippen LogP contribution in [-0.4, -0.2) is 18.2 Å². The van der Waals surface area contributed by atoms with E-state index < -0.39 is 0 Å². The number of ether oxygens (including phenoxy) is 1. The molecule has 1 aromatic heterocycles. The van der Waals surface area contributed by atoms with Gasteiger partial charge in [-0.15, -0.1) is 11.3 Å². The molecule has 0 atom stereocenters. The molecule has 4 rings (SSSR count). The molecule has 0 spiro atoms. The minimum atomic E-state index is -0.289. The van der Waals surface area contributed by atoms with E-state index in [1.54, 1.807) is 11.3 Å². The molecule has 0 saturated carbocycles. The number of carbonyl (C=O) groups excluding carboxylic acids is 1. The van der Waals surface area contributed by atoms with Crippen molar-refractivity contribution in [3.05, 3.63) is 82.2 Å². The lowest BCUT2D eigenvalue weighted by Gasteiger charge is -2.26. The van der Waals surface area contributed by atoms with E-state index in [0.717, 1.165) is 47.5 Å². The van der Waals surface area contributed by atoms with E-state index in [1.807, 2.05) is 48.5 Å². The molecule has 32 heavy (non-hydrogen) atoms. The van der Waals surface area contributed by atoms with Crippen LogP contribution in [0.15, 0.2) is 60.7 Å². The van der Waals surface area contributed by atoms with Gasteiger partial charge < -0.3 is 15.0 Å². The molecule has 1 heterocycles. The Balaban J connectivity index is 1.67. The molecule has 2 aromatic carbocycles. The van der Waals surface area contributed by atoms with Crippen LogP contribution in [0, 0.1) is 0 Å². The lowest BCUT2D eigenvalue weighted by molar-refractivity contribution is 0.0601. The van der Waals surface area contributed by atoms with Gasteiger partial charge in [0.15, 0.2) is 5.11 Å². The van der Waals surface area contributed by atoms with E-state index in [-0.39, 0.29) is 5.97 Å².